The predicted octanol–water partition coefficient (Wildman–Crippen LogP) is 5.84. The van der Waals surface area contributed by atoms with Crippen LogP contribution in [0.2, 0.25) is 0 Å². The minimum atomic E-state index is -0.526. The zero-order chi connectivity index (χ0) is 23.7. The third-order valence-corrected chi connectivity index (χ3v) is 5.36. The van der Waals surface area contributed by atoms with Crippen molar-refractivity contribution in [1.29, 1.82) is 0 Å². The van der Waals surface area contributed by atoms with Crippen LogP contribution < -0.4 is 9.47 Å². The number of ether oxygens (including phenoxy) is 2. The second-order valence-electron chi connectivity index (χ2n) is 7.74. The fourth-order valence-corrected chi connectivity index (χ4v) is 3.63. The van der Waals surface area contributed by atoms with E-state index in [0.29, 0.717) is 22.6 Å². The minimum absolute atomic E-state index is 0.157. The van der Waals surface area contributed by atoms with E-state index >= 15 is 0 Å². The fraction of sp³-hybridized carbons (Fsp3) is 0. The fourth-order valence-electron chi connectivity index (χ4n) is 3.63. The second kappa shape index (κ2) is 8.60. The molecule has 34 heavy (non-hydrogen) atoms. The highest BCUT2D eigenvalue weighted by Crippen LogP contribution is 2.25. The van der Waals surface area contributed by atoms with Gasteiger partial charge in [0, 0.05) is 0 Å². The van der Waals surface area contributed by atoms with E-state index in [9.17, 15) is 19.8 Å². The number of carbonyl (C=O) groups excluding carboxylic acids is 2. The molecule has 2 N–H and O–H groups in total. The van der Waals surface area contributed by atoms with Crippen molar-refractivity contribution < 1.29 is 29.3 Å². The van der Waals surface area contributed by atoms with E-state index < -0.39 is 11.9 Å². The summed E-state index contributed by atoms with van der Waals surface area (Å²) < 4.78 is 10.9. The van der Waals surface area contributed by atoms with E-state index in [1.165, 1.54) is 0 Å². The molecular formula is C28H18O6. The Kier molecular flexibility index (Phi) is 5.32. The van der Waals surface area contributed by atoms with Crippen LogP contribution in [0.4, 0.5) is 0 Å². The van der Waals surface area contributed by atoms with Crippen LogP contribution in [0.25, 0.3) is 21.5 Å². The van der Waals surface area contributed by atoms with Crippen LogP contribution in [-0.2, 0) is 0 Å². The van der Waals surface area contributed by atoms with Gasteiger partial charge in [-0.15, -0.1) is 0 Å². The van der Waals surface area contributed by atoms with E-state index in [2.05, 4.69) is 0 Å². The van der Waals surface area contributed by atoms with Gasteiger partial charge in [0.1, 0.15) is 23.0 Å². The third-order valence-electron chi connectivity index (χ3n) is 5.36. The van der Waals surface area contributed by atoms with Gasteiger partial charge in [0.25, 0.3) is 0 Å². The van der Waals surface area contributed by atoms with Gasteiger partial charge in [-0.05, 0) is 94.3 Å². The molecule has 0 saturated carbocycles. The molecular weight excluding hydrogens is 432 g/mol. The van der Waals surface area contributed by atoms with Gasteiger partial charge >= 0.3 is 11.9 Å². The molecule has 6 nitrogen and oxygen atoms in total. The molecule has 0 amide bonds. The summed E-state index contributed by atoms with van der Waals surface area (Å²) in [5.41, 5.74) is 0.747. The van der Waals surface area contributed by atoms with Gasteiger partial charge in [-0.3, -0.25) is 0 Å². The van der Waals surface area contributed by atoms with Crippen molar-refractivity contribution in [2.24, 2.45) is 0 Å². The Balaban J connectivity index is 1.26. The number of aromatic hydroxyl groups is 2. The lowest BCUT2D eigenvalue weighted by Gasteiger charge is -2.08. The van der Waals surface area contributed by atoms with Gasteiger partial charge < -0.3 is 19.7 Å². The molecule has 5 rings (SSSR count). The molecule has 0 aromatic heterocycles. The lowest BCUT2D eigenvalue weighted by atomic mass is 10.1. The van der Waals surface area contributed by atoms with Crippen molar-refractivity contribution >= 4 is 33.5 Å². The smallest absolute Gasteiger partial charge is 0.343 e. The van der Waals surface area contributed by atoms with E-state index in [-0.39, 0.29) is 11.5 Å². The summed E-state index contributed by atoms with van der Waals surface area (Å²) in [6.45, 7) is 0. The minimum Gasteiger partial charge on any atom is -0.508 e. The molecule has 0 spiro atoms. The van der Waals surface area contributed by atoms with Crippen LogP contribution in [-0.4, -0.2) is 22.2 Å². The first kappa shape index (κ1) is 21.0. The molecule has 0 radical (unpaired) electrons. The van der Waals surface area contributed by atoms with E-state index in [1.807, 2.05) is 0 Å². The highest BCUT2D eigenvalue weighted by molar-refractivity contribution is 5.97. The number of hydrogen-bond acceptors (Lipinski definition) is 6. The molecule has 0 bridgehead atoms. The molecule has 166 valence electrons. The van der Waals surface area contributed by atoms with E-state index in [4.69, 9.17) is 9.47 Å². The summed E-state index contributed by atoms with van der Waals surface area (Å²) in [6, 6.07) is 26.1. The molecule has 0 heterocycles. The van der Waals surface area contributed by atoms with Crippen LogP contribution >= 0.6 is 0 Å². The predicted molar refractivity (Wildman–Crippen MR) is 128 cm³/mol. The summed E-state index contributed by atoms with van der Waals surface area (Å²) in [5, 5.41) is 22.4. The largest absolute Gasteiger partial charge is 0.508 e. The van der Waals surface area contributed by atoms with Crippen molar-refractivity contribution in [3.63, 3.8) is 0 Å². The number of rotatable bonds is 4. The Morgan fingerprint density at radius 3 is 1.24 bits per heavy atom. The molecule has 5 aromatic carbocycles. The molecule has 0 unspecified atom stereocenters. The maximum Gasteiger partial charge on any atom is 0.343 e. The first-order chi connectivity index (χ1) is 16.4. The monoisotopic (exact) mass is 450 g/mol. The van der Waals surface area contributed by atoms with Gasteiger partial charge in [-0.25, -0.2) is 9.59 Å². The molecule has 0 saturated heterocycles. The maximum absolute atomic E-state index is 12.5. The van der Waals surface area contributed by atoms with Gasteiger partial charge in [0.2, 0.25) is 0 Å². The Labute approximate surface area is 194 Å². The zero-order valence-corrected chi connectivity index (χ0v) is 17.8. The van der Waals surface area contributed by atoms with Gasteiger partial charge in [-0.1, -0.05) is 24.3 Å². The SMILES string of the molecule is O=C(Oc1ccc(OC(=O)c2ccc3cc(O)ccc3c2)cc1)c1ccc2cc(O)ccc2c1. The molecule has 0 aliphatic carbocycles. The first-order valence-corrected chi connectivity index (χ1v) is 10.4. The Hall–Kier alpha value is -4.84. The number of carbonyl (C=O) groups is 2. The number of benzene rings is 5. The second-order valence-corrected chi connectivity index (χ2v) is 7.74. The van der Waals surface area contributed by atoms with Gasteiger partial charge in [0.15, 0.2) is 0 Å². The lowest BCUT2D eigenvalue weighted by Crippen LogP contribution is -2.09. The number of phenolic OH excluding ortho intramolecular Hbond substituents is 2. The van der Waals surface area contributed by atoms with Crippen LogP contribution in [0, 0.1) is 0 Å². The Bertz CT molecular complexity index is 1440. The van der Waals surface area contributed by atoms with Crippen molar-refractivity contribution in [1.82, 2.24) is 0 Å². The number of esters is 2. The molecule has 6 heteroatoms. The van der Waals surface area contributed by atoms with Crippen molar-refractivity contribution in [3.8, 4) is 23.0 Å². The summed E-state index contributed by atoms with van der Waals surface area (Å²) in [6.07, 6.45) is 0. The Morgan fingerprint density at radius 2 is 0.824 bits per heavy atom. The quantitative estimate of drug-likeness (QED) is 0.264. The Morgan fingerprint density at radius 1 is 0.471 bits per heavy atom. The van der Waals surface area contributed by atoms with Crippen molar-refractivity contribution in [3.05, 3.63) is 108 Å². The van der Waals surface area contributed by atoms with Crippen LogP contribution in [0.5, 0.6) is 23.0 Å². The summed E-state index contributed by atoms with van der Waals surface area (Å²) in [7, 11) is 0. The number of hydrogen-bond donors (Lipinski definition) is 2. The molecule has 0 atom stereocenters. The van der Waals surface area contributed by atoms with E-state index in [0.717, 1.165) is 21.5 Å². The van der Waals surface area contributed by atoms with Crippen molar-refractivity contribution in [2.45, 2.75) is 0 Å². The van der Waals surface area contributed by atoms with Crippen LogP contribution in [0.15, 0.2) is 97.1 Å². The average Bonchev–Trinajstić information content (AvgIpc) is 2.84. The highest BCUT2D eigenvalue weighted by atomic mass is 16.5. The maximum atomic E-state index is 12.5. The summed E-state index contributed by atoms with van der Waals surface area (Å²) in [4.78, 5) is 25.1. The average molecular weight is 450 g/mol. The first-order valence-electron chi connectivity index (χ1n) is 10.4. The van der Waals surface area contributed by atoms with Gasteiger partial charge in [-0.2, -0.15) is 0 Å². The normalized spacial score (nSPS) is 10.8. The van der Waals surface area contributed by atoms with E-state index in [1.54, 1.807) is 97.1 Å². The molecule has 5 aromatic rings. The van der Waals surface area contributed by atoms with Crippen LogP contribution in [0.1, 0.15) is 20.7 Å². The number of fused-ring (bicyclic) bond motifs is 2. The highest BCUT2D eigenvalue weighted by Gasteiger charge is 2.12. The molecule has 0 fully saturated rings. The van der Waals surface area contributed by atoms with Crippen molar-refractivity contribution in [2.75, 3.05) is 0 Å². The lowest BCUT2D eigenvalue weighted by molar-refractivity contribution is 0.0719. The topological polar surface area (TPSA) is 93.1 Å². The standard InChI is InChI=1S/C28H18O6/c29-23-7-5-17-13-21(3-1-19(17)15-23)27(31)33-25-9-11-26(12-10-25)34-28(32)22-4-2-20-16-24(30)8-6-18(20)14-22/h1-16,29-30H. The van der Waals surface area contributed by atoms with Crippen LogP contribution in [0.3, 0.4) is 0 Å². The number of phenols is 2. The molecule has 0 aliphatic rings. The molecule has 0 aliphatic heterocycles. The summed E-state index contributed by atoms with van der Waals surface area (Å²) >= 11 is 0. The third kappa shape index (κ3) is 4.38. The van der Waals surface area contributed by atoms with Gasteiger partial charge in [0.05, 0.1) is 11.1 Å². The zero-order valence-electron chi connectivity index (χ0n) is 17.8. The summed E-state index contributed by atoms with van der Waals surface area (Å²) in [5.74, 6) is -0.125.